The van der Waals surface area contributed by atoms with Gasteiger partial charge in [0, 0.05) is 29.7 Å². The Bertz CT molecular complexity index is 1680. The maximum atomic E-state index is 14.2. The fourth-order valence-electron chi connectivity index (χ4n) is 4.96. The first kappa shape index (κ1) is 29.1. The van der Waals surface area contributed by atoms with Crippen molar-refractivity contribution in [2.75, 3.05) is 31.8 Å². The van der Waals surface area contributed by atoms with Crippen LogP contribution in [0.1, 0.15) is 28.6 Å². The van der Waals surface area contributed by atoms with Gasteiger partial charge in [-0.2, -0.15) is 0 Å². The molecule has 3 heterocycles. The van der Waals surface area contributed by atoms with Crippen LogP contribution in [0, 0.1) is 13.8 Å². The molecule has 0 saturated carbocycles. The van der Waals surface area contributed by atoms with E-state index in [1.54, 1.807) is 48.4 Å². The van der Waals surface area contributed by atoms with E-state index in [-0.39, 0.29) is 31.8 Å². The molecule has 0 bridgehead atoms. The van der Waals surface area contributed by atoms with Gasteiger partial charge in [0.05, 0.1) is 12.9 Å². The zero-order valence-electron chi connectivity index (χ0n) is 24.4. The van der Waals surface area contributed by atoms with Gasteiger partial charge in [0.15, 0.2) is 28.2 Å². The van der Waals surface area contributed by atoms with Crippen molar-refractivity contribution >= 4 is 29.3 Å². The Morgan fingerprint density at radius 2 is 1.50 bits per heavy atom. The molecule has 1 aromatic heterocycles. The van der Waals surface area contributed by atoms with Crippen LogP contribution in [-0.4, -0.2) is 53.1 Å². The predicted molar refractivity (Wildman–Crippen MR) is 162 cm³/mol. The minimum absolute atomic E-state index is 0.0113. The maximum absolute atomic E-state index is 14.2. The molecule has 3 aromatic carbocycles. The van der Waals surface area contributed by atoms with Crippen LogP contribution in [0.4, 0.5) is 5.69 Å². The number of hydrogen-bond donors (Lipinski definition) is 1. The largest absolute Gasteiger partial charge is 0.497 e. The molecule has 4 aromatic rings. The molecule has 2 aliphatic rings. The highest BCUT2D eigenvalue weighted by atomic mass is 32.2. The molecule has 12 heteroatoms. The number of fused-ring (bicyclic) bond motifs is 2. The number of carbonyl (C=O) groups is 2. The van der Waals surface area contributed by atoms with Gasteiger partial charge in [-0.3, -0.25) is 9.59 Å². The van der Waals surface area contributed by atoms with E-state index in [1.165, 1.54) is 11.8 Å². The van der Waals surface area contributed by atoms with Crippen molar-refractivity contribution in [1.29, 1.82) is 0 Å². The van der Waals surface area contributed by atoms with E-state index in [0.29, 0.717) is 45.2 Å². The van der Waals surface area contributed by atoms with E-state index in [9.17, 15) is 9.59 Å². The Kier molecular flexibility index (Phi) is 8.42. The number of hydrogen-bond acceptors (Lipinski definition) is 10. The Balaban J connectivity index is 1.36. The summed E-state index contributed by atoms with van der Waals surface area (Å²) in [5.74, 6) is 2.18. The number of ether oxygens (including phenoxy) is 5. The summed E-state index contributed by atoms with van der Waals surface area (Å²) in [5.41, 5.74) is 3.49. The van der Waals surface area contributed by atoms with Crippen molar-refractivity contribution < 1.29 is 33.3 Å². The van der Waals surface area contributed by atoms with Crippen molar-refractivity contribution in [2.45, 2.75) is 31.6 Å². The summed E-state index contributed by atoms with van der Waals surface area (Å²) in [6, 6.07) is 18.6. The van der Waals surface area contributed by atoms with E-state index in [2.05, 4.69) is 15.3 Å². The van der Waals surface area contributed by atoms with Gasteiger partial charge < -0.3 is 33.9 Å². The third-order valence-electron chi connectivity index (χ3n) is 7.03. The summed E-state index contributed by atoms with van der Waals surface area (Å²) >= 11 is 1.22. The summed E-state index contributed by atoms with van der Waals surface area (Å²) < 4.78 is 27.4. The fraction of sp³-hybridized carbons (Fsp3) is 0.250. The van der Waals surface area contributed by atoms with E-state index < -0.39 is 11.9 Å². The Morgan fingerprint density at radius 1 is 0.864 bits per heavy atom. The molecule has 44 heavy (non-hydrogen) atoms. The standard InChI is InChI=1S/C32H30N4O7S/c1-19-12-20(2)34-32(33-19)44-16-29(37)36(15-21-4-8-24(39-3)9-5-21)30(22-6-10-25-27(13-22)42-17-40-25)31(38)35-23-7-11-26-28(14-23)43-18-41-26/h4-14,30H,15-18H2,1-3H3,(H,35,38)/t30-/m1/s1. The Labute approximate surface area is 258 Å². The van der Waals surface area contributed by atoms with Crippen LogP contribution in [0.3, 0.4) is 0 Å². The minimum Gasteiger partial charge on any atom is -0.497 e. The second-order valence-electron chi connectivity index (χ2n) is 10.2. The SMILES string of the molecule is COc1ccc(CN(C(=O)CSc2nc(C)cc(C)n2)[C@@H](C(=O)Nc2ccc3c(c2)OCO3)c2ccc3c(c2)OCO3)cc1. The Hall–Kier alpha value is -4.97. The molecule has 0 fully saturated rings. The Morgan fingerprint density at radius 3 is 2.18 bits per heavy atom. The first-order valence-corrected chi connectivity index (χ1v) is 14.8. The third-order valence-corrected chi connectivity index (χ3v) is 7.86. The number of anilines is 1. The number of rotatable bonds is 10. The van der Waals surface area contributed by atoms with Crippen molar-refractivity contribution in [3.63, 3.8) is 0 Å². The second kappa shape index (κ2) is 12.7. The number of carbonyl (C=O) groups excluding carboxylic acids is 2. The molecule has 0 radical (unpaired) electrons. The number of amides is 2. The van der Waals surface area contributed by atoms with Gasteiger partial charge in [0.25, 0.3) is 5.91 Å². The molecule has 0 aliphatic carbocycles. The normalized spacial score (nSPS) is 13.3. The lowest BCUT2D eigenvalue weighted by Crippen LogP contribution is -2.41. The monoisotopic (exact) mass is 614 g/mol. The van der Waals surface area contributed by atoms with Crippen LogP contribution in [-0.2, 0) is 16.1 Å². The quantitative estimate of drug-likeness (QED) is 0.192. The number of methoxy groups -OCH3 is 1. The third kappa shape index (κ3) is 6.50. The maximum Gasteiger partial charge on any atom is 0.251 e. The smallest absolute Gasteiger partial charge is 0.251 e. The number of aryl methyl sites for hydroxylation is 2. The van der Waals surface area contributed by atoms with E-state index in [0.717, 1.165) is 17.0 Å². The molecule has 2 aliphatic heterocycles. The molecular formula is C32H30N4O7S. The van der Waals surface area contributed by atoms with Crippen LogP contribution in [0.15, 0.2) is 71.9 Å². The molecule has 6 rings (SSSR count). The summed E-state index contributed by atoms with van der Waals surface area (Å²) in [6.45, 7) is 4.09. The lowest BCUT2D eigenvalue weighted by molar-refractivity contribution is -0.137. The molecule has 226 valence electrons. The van der Waals surface area contributed by atoms with Gasteiger partial charge in [-0.1, -0.05) is 30.0 Å². The molecule has 0 saturated heterocycles. The lowest BCUT2D eigenvalue weighted by atomic mass is 10.0. The molecule has 1 atom stereocenters. The number of aromatic nitrogens is 2. The topological polar surface area (TPSA) is 121 Å². The van der Waals surface area contributed by atoms with Crippen molar-refractivity contribution in [3.8, 4) is 28.7 Å². The fourth-order valence-corrected chi connectivity index (χ4v) is 5.79. The van der Waals surface area contributed by atoms with Crippen molar-refractivity contribution in [1.82, 2.24) is 14.9 Å². The highest BCUT2D eigenvalue weighted by Crippen LogP contribution is 2.38. The average Bonchev–Trinajstić information content (AvgIpc) is 3.68. The zero-order chi connectivity index (χ0) is 30.6. The number of nitrogens with one attached hydrogen (secondary N) is 1. The van der Waals surface area contributed by atoms with Crippen LogP contribution >= 0.6 is 11.8 Å². The molecule has 2 amide bonds. The highest BCUT2D eigenvalue weighted by molar-refractivity contribution is 7.99. The van der Waals surface area contributed by atoms with Gasteiger partial charge in [-0.15, -0.1) is 0 Å². The van der Waals surface area contributed by atoms with Crippen molar-refractivity contribution in [3.05, 3.63) is 89.2 Å². The number of nitrogens with zero attached hydrogens (tertiary/aromatic N) is 3. The van der Waals surface area contributed by atoms with Gasteiger partial charge in [0.1, 0.15) is 11.8 Å². The van der Waals surface area contributed by atoms with Gasteiger partial charge in [-0.05, 0) is 67.4 Å². The molecular weight excluding hydrogens is 584 g/mol. The first-order chi connectivity index (χ1) is 21.4. The van der Waals surface area contributed by atoms with Gasteiger partial charge in [-0.25, -0.2) is 9.97 Å². The van der Waals surface area contributed by atoms with Crippen molar-refractivity contribution in [2.24, 2.45) is 0 Å². The van der Waals surface area contributed by atoms with Crippen LogP contribution in [0.5, 0.6) is 28.7 Å². The second-order valence-corrected chi connectivity index (χ2v) is 11.1. The molecule has 0 unspecified atom stereocenters. The first-order valence-electron chi connectivity index (χ1n) is 13.8. The summed E-state index contributed by atoms with van der Waals surface area (Å²) in [6.07, 6.45) is 0. The zero-order valence-corrected chi connectivity index (χ0v) is 25.2. The van der Waals surface area contributed by atoms with Crippen LogP contribution in [0.25, 0.3) is 0 Å². The minimum atomic E-state index is -1.04. The molecule has 1 N–H and O–H groups in total. The summed E-state index contributed by atoms with van der Waals surface area (Å²) in [5, 5.41) is 3.46. The van der Waals surface area contributed by atoms with Crippen LogP contribution in [0.2, 0.25) is 0 Å². The van der Waals surface area contributed by atoms with E-state index >= 15 is 0 Å². The highest BCUT2D eigenvalue weighted by Gasteiger charge is 2.33. The molecule has 11 nitrogen and oxygen atoms in total. The van der Waals surface area contributed by atoms with E-state index in [4.69, 9.17) is 23.7 Å². The summed E-state index contributed by atoms with van der Waals surface area (Å²) in [7, 11) is 1.59. The predicted octanol–water partition coefficient (Wildman–Crippen LogP) is 5.06. The molecule has 0 spiro atoms. The lowest BCUT2D eigenvalue weighted by Gasteiger charge is -2.31. The number of thioether (sulfide) groups is 1. The number of benzene rings is 3. The average molecular weight is 615 g/mol. The van der Waals surface area contributed by atoms with Gasteiger partial charge in [0.2, 0.25) is 19.5 Å². The summed E-state index contributed by atoms with van der Waals surface area (Å²) in [4.78, 5) is 38.8. The van der Waals surface area contributed by atoms with Crippen LogP contribution < -0.4 is 29.0 Å². The van der Waals surface area contributed by atoms with E-state index in [1.807, 2.05) is 44.2 Å². The van der Waals surface area contributed by atoms with Gasteiger partial charge >= 0.3 is 0 Å².